The van der Waals surface area contributed by atoms with Crippen LogP contribution in [0.2, 0.25) is 0 Å². The molecule has 0 bridgehead atoms. The van der Waals surface area contributed by atoms with Crippen molar-refractivity contribution in [2.45, 2.75) is 46.3 Å². The van der Waals surface area contributed by atoms with Gasteiger partial charge in [0.25, 0.3) is 5.56 Å². The summed E-state index contributed by atoms with van der Waals surface area (Å²) in [5.74, 6) is 0. The average molecular weight is 379 g/mol. The Kier molecular flexibility index (Phi) is 6.78. The van der Waals surface area contributed by atoms with Gasteiger partial charge in [0.05, 0.1) is 11.6 Å². The van der Waals surface area contributed by atoms with Crippen molar-refractivity contribution in [1.82, 2.24) is 4.57 Å². The fraction of sp³-hybridized carbons (Fsp3) is 0.318. The van der Waals surface area contributed by atoms with Gasteiger partial charge < -0.3 is 9.30 Å². The number of hydrogen-bond donors (Lipinski definition) is 1. The maximum Gasteiger partial charge on any atom is 0.412 e. The van der Waals surface area contributed by atoms with Gasteiger partial charge in [-0.25, -0.2) is 4.79 Å². The van der Waals surface area contributed by atoms with Gasteiger partial charge >= 0.3 is 6.09 Å². The van der Waals surface area contributed by atoms with Crippen LogP contribution in [0.1, 0.15) is 37.6 Å². The fourth-order valence-corrected chi connectivity index (χ4v) is 2.52. The van der Waals surface area contributed by atoms with Gasteiger partial charge in [-0.05, 0) is 63.9 Å². The number of aryl methyl sites for hydroxylation is 1. The molecule has 2 aromatic rings. The lowest BCUT2D eigenvalue weighted by Gasteiger charge is -2.19. The summed E-state index contributed by atoms with van der Waals surface area (Å²) in [6.45, 7) is 7.52. The number of rotatable bonds is 5. The summed E-state index contributed by atoms with van der Waals surface area (Å²) in [7, 11) is 0. The molecular formula is C22H25N3O3. The lowest BCUT2D eigenvalue weighted by atomic mass is 10.1. The summed E-state index contributed by atoms with van der Waals surface area (Å²) in [5, 5.41) is 11.3. The zero-order chi connectivity index (χ0) is 20.7. The number of nitriles is 1. The molecule has 0 saturated carbocycles. The minimum atomic E-state index is -0.656. The van der Waals surface area contributed by atoms with Crippen LogP contribution in [0, 0.1) is 18.3 Å². The number of carbonyl (C=O) groups excluding carboxylic acids is 1. The molecule has 0 aliphatic carbocycles. The van der Waals surface area contributed by atoms with E-state index in [1.165, 1.54) is 0 Å². The second kappa shape index (κ2) is 9.05. The summed E-state index contributed by atoms with van der Waals surface area (Å²) in [6, 6.07) is 12.8. The molecule has 146 valence electrons. The van der Waals surface area contributed by atoms with Crippen LogP contribution >= 0.6 is 0 Å². The SMILES string of the molecule is Cc1ccc(NC(=O)OC(C)(C)C)c(=O)n1CC=CCc1ccc(C#N)cc1. The predicted molar refractivity (Wildman–Crippen MR) is 109 cm³/mol. The number of nitrogens with zero attached hydrogens (tertiary/aromatic N) is 2. The molecule has 6 nitrogen and oxygen atoms in total. The zero-order valence-electron chi connectivity index (χ0n) is 16.7. The minimum Gasteiger partial charge on any atom is -0.444 e. The van der Waals surface area contributed by atoms with Crippen molar-refractivity contribution in [1.29, 1.82) is 5.26 Å². The molecule has 0 unspecified atom stereocenters. The second-order valence-electron chi connectivity index (χ2n) is 7.42. The minimum absolute atomic E-state index is 0.181. The molecule has 1 N–H and O–H groups in total. The highest BCUT2D eigenvalue weighted by atomic mass is 16.6. The molecule has 28 heavy (non-hydrogen) atoms. The molecule has 2 rings (SSSR count). The fourth-order valence-electron chi connectivity index (χ4n) is 2.52. The number of pyridine rings is 1. The highest BCUT2D eigenvalue weighted by molar-refractivity contribution is 5.84. The molecule has 0 radical (unpaired) electrons. The average Bonchev–Trinajstić information content (AvgIpc) is 2.62. The van der Waals surface area contributed by atoms with Crippen molar-refractivity contribution in [2.75, 3.05) is 5.32 Å². The molecular weight excluding hydrogens is 354 g/mol. The van der Waals surface area contributed by atoms with E-state index in [9.17, 15) is 9.59 Å². The third-order valence-electron chi connectivity index (χ3n) is 3.92. The Labute approximate surface area is 165 Å². The van der Waals surface area contributed by atoms with Crippen LogP contribution in [0.3, 0.4) is 0 Å². The number of carbonyl (C=O) groups is 1. The van der Waals surface area contributed by atoms with E-state index in [0.717, 1.165) is 11.3 Å². The van der Waals surface area contributed by atoms with Gasteiger partial charge in [-0.1, -0.05) is 24.3 Å². The van der Waals surface area contributed by atoms with Crippen LogP contribution in [0.5, 0.6) is 0 Å². The van der Waals surface area contributed by atoms with Gasteiger partial charge in [-0.15, -0.1) is 0 Å². The quantitative estimate of drug-likeness (QED) is 0.790. The smallest absolute Gasteiger partial charge is 0.412 e. The Hall–Kier alpha value is -3.33. The van der Waals surface area contributed by atoms with Gasteiger partial charge in [0.1, 0.15) is 11.3 Å². The van der Waals surface area contributed by atoms with E-state index in [-0.39, 0.29) is 11.2 Å². The van der Waals surface area contributed by atoms with Crippen LogP contribution in [0.25, 0.3) is 0 Å². The van der Waals surface area contributed by atoms with Crippen molar-refractivity contribution in [2.24, 2.45) is 0 Å². The zero-order valence-corrected chi connectivity index (χ0v) is 16.7. The topological polar surface area (TPSA) is 84.1 Å². The predicted octanol–water partition coefficient (Wildman–Crippen LogP) is 4.17. The number of allylic oxidation sites excluding steroid dienone is 2. The Balaban J connectivity index is 2.05. The standard InChI is InChI=1S/C22H25N3O3/c1-16-8-13-19(24-21(27)28-22(2,3)4)20(26)25(16)14-6-5-7-17-9-11-18(15-23)12-10-17/h5-6,8-13H,7,14H2,1-4H3,(H,24,27). The second-order valence-corrected chi connectivity index (χ2v) is 7.42. The Morgan fingerprint density at radius 1 is 1.18 bits per heavy atom. The van der Waals surface area contributed by atoms with E-state index < -0.39 is 11.7 Å². The Morgan fingerprint density at radius 2 is 1.86 bits per heavy atom. The molecule has 1 heterocycles. The van der Waals surface area contributed by atoms with E-state index in [2.05, 4.69) is 11.4 Å². The molecule has 0 spiro atoms. The normalized spacial score (nSPS) is 11.2. The third kappa shape index (κ3) is 6.13. The molecule has 0 fully saturated rings. The van der Waals surface area contributed by atoms with E-state index in [1.54, 1.807) is 49.6 Å². The molecule has 1 aromatic heterocycles. The van der Waals surface area contributed by atoms with Crippen molar-refractivity contribution >= 4 is 11.8 Å². The van der Waals surface area contributed by atoms with Gasteiger partial charge in [0.15, 0.2) is 0 Å². The largest absolute Gasteiger partial charge is 0.444 e. The molecule has 6 heteroatoms. The number of benzene rings is 1. The summed E-state index contributed by atoms with van der Waals surface area (Å²) < 4.78 is 6.78. The Morgan fingerprint density at radius 3 is 2.46 bits per heavy atom. The number of hydrogen-bond acceptors (Lipinski definition) is 4. The number of aromatic nitrogens is 1. The first-order valence-corrected chi connectivity index (χ1v) is 9.04. The lowest BCUT2D eigenvalue weighted by molar-refractivity contribution is 0.0635. The van der Waals surface area contributed by atoms with Crippen LogP contribution < -0.4 is 10.9 Å². The number of nitrogens with one attached hydrogen (secondary N) is 1. The monoisotopic (exact) mass is 379 g/mol. The highest BCUT2D eigenvalue weighted by Crippen LogP contribution is 2.10. The van der Waals surface area contributed by atoms with Crippen LogP contribution in [-0.4, -0.2) is 16.3 Å². The molecule has 1 aromatic carbocycles. The van der Waals surface area contributed by atoms with Gasteiger partial charge in [0, 0.05) is 12.2 Å². The molecule has 0 atom stereocenters. The van der Waals surface area contributed by atoms with Gasteiger partial charge in [0.2, 0.25) is 0 Å². The van der Waals surface area contributed by atoms with Gasteiger partial charge in [-0.2, -0.15) is 5.26 Å². The number of anilines is 1. The number of amides is 1. The first-order valence-electron chi connectivity index (χ1n) is 9.04. The first-order chi connectivity index (χ1) is 13.2. The maximum absolute atomic E-state index is 12.7. The highest BCUT2D eigenvalue weighted by Gasteiger charge is 2.17. The van der Waals surface area contributed by atoms with Gasteiger partial charge in [-0.3, -0.25) is 10.1 Å². The van der Waals surface area contributed by atoms with Crippen LogP contribution in [-0.2, 0) is 17.7 Å². The maximum atomic E-state index is 12.7. The third-order valence-corrected chi connectivity index (χ3v) is 3.92. The van der Waals surface area contributed by atoms with Crippen LogP contribution in [0.4, 0.5) is 10.5 Å². The van der Waals surface area contributed by atoms with E-state index in [0.29, 0.717) is 18.5 Å². The summed E-state index contributed by atoms with van der Waals surface area (Å²) >= 11 is 0. The summed E-state index contributed by atoms with van der Waals surface area (Å²) in [4.78, 5) is 24.6. The first kappa shape index (κ1) is 21.0. The van der Waals surface area contributed by atoms with E-state index in [1.807, 2.05) is 31.2 Å². The Bertz CT molecular complexity index is 958. The van der Waals surface area contributed by atoms with Crippen molar-refractivity contribution in [3.8, 4) is 6.07 Å². The van der Waals surface area contributed by atoms with Crippen LogP contribution in [0.15, 0.2) is 53.3 Å². The summed E-state index contributed by atoms with van der Waals surface area (Å²) in [6.07, 6.45) is 3.93. The van der Waals surface area contributed by atoms with E-state index in [4.69, 9.17) is 10.00 Å². The number of ether oxygens (including phenoxy) is 1. The molecule has 0 aliphatic rings. The molecule has 1 amide bonds. The van der Waals surface area contributed by atoms with Crippen molar-refractivity contribution < 1.29 is 9.53 Å². The van der Waals surface area contributed by atoms with E-state index >= 15 is 0 Å². The molecule has 0 aliphatic heterocycles. The molecule has 0 saturated heterocycles. The van der Waals surface area contributed by atoms with Crippen molar-refractivity contribution in [3.63, 3.8) is 0 Å². The lowest BCUT2D eigenvalue weighted by Crippen LogP contribution is -2.31. The summed E-state index contributed by atoms with van der Waals surface area (Å²) in [5.41, 5.74) is 1.77. The van der Waals surface area contributed by atoms with Crippen molar-refractivity contribution in [3.05, 3.63) is 75.7 Å².